The molecule has 0 aliphatic carbocycles. The summed E-state index contributed by atoms with van der Waals surface area (Å²) < 4.78 is 0. The summed E-state index contributed by atoms with van der Waals surface area (Å²) in [6, 6.07) is 5.64. The molecule has 0 aromatic heterocycles. The number of benzene rings is 1. The van der Waals surface area contributed by atoms with Gasteiger partial charge in [-0.3, -0.25) is 4.99 Å². The number of halogens is 1. The molecular weight excluding hydrogens is 182 g/mol. The van der Waals surface area contributed by atoms with E-state index in [1.165, 1.54) is 5.57 Å². The Morgan fingerprint density at radius 3 is 2.77 bits per heavy atom. The first kappa shape index (κ1) is 10.0. The number of allylic oxidation sites excluding steroid dienone is 2. The first-order chi connectivity index (χ1) is 6.19. The lowest BCUT2D eigenvalue weighted by molar-refractivity contribution is 1.47. The standard InChI is InChI=1S/C11H12ClN/c1-4-8(2)10-6-5-9(12)7-11(10)13-3/h4-7H,3H2,1-2H3. The minimum atomic E-state index is 0.690. The number of aliphatic imine (C=N–C) groups is 1. The first-order valence-electron chi connectivity index (χ1n) is 4.08. The number of nitrogens with zero attached hydrogens (tertiary/aromatic N) is 1. The average Bonchev–Trinajstić information content (AvgIpc) is 2.16. The molecule has 0 atom stereocenters. The smallest absolute Gasteiger partial charge is 0.0712 e. The lowest BCUT2D eigenvalue weighted by atomic mass is 10.1. The van der Waals surface area contributed by atoms with Gasteiger partial charge in [-0.15, -0.1) is 0 Å². The second-order valence-electron chi connectivity index (χ2n) is 2.79. The third-order valence-electron chi connectivity index (χ3n) is 1.99. The Morgan fingerprint density at radius 1 is 1.54 bits per heavy atom. The molecule has 0 amide bonds. The third kappa shape index (κ3) is 2.19. The van der Waals surface area contributed by atoms with E-state index in [9.17, 15) is 0 Å². The van der Waals surface area contributed by atoms with E-state index in [1.54, 1.807) is 0 Å². The molecule has 0 unspecified atom stereocenters. The molecule has 0 bridgehead atoms. The van der Waals surface area contributed by atoms with Gasteiger partial charge in [0.25, 0.3) is 0 Å². The Labute approximate surface area is 83.8 Å². The van der Waals surface area contributed by atoms with Crippen LogP contribution in [0.4, 0.5) is 5.69 Å². The number of hydrogen-bond acceptors (Lipinski definition) is 1. The zero-order valence-corrected chi connectivity index (χ0v) is 8.60. The summed E-state index contributed by atoms with van der Waals surface area (Å²) in [6.45, 7) is 7.55. The van der Waals surface area contributed by atoms with E-state index < -0.39 is 0 Å². The molecule has 0 N–H and O–H groups in total. The monoisotopic (exact) mass is 193 g/mol. The average molecular weight is 194 g/mol. The van der Waals surface area contributed by atoms with Crippen molar-refractivity contribution in [2.75, 3.05) is 0 Å². The highest BCUT2D eigenvalue weighted by Gasteiger charge is 2.02. The summed E-state index contributed by atoms with van der Waals surface area (Å²) in [5, 5.41) is 0.690. The Morgan fingerprint density at radius 2 is 2.23 bits per heavy atom. The van der Waals surface area contributed by atoms with Gasteiger partial charge in [0, 0.05) is 10.6 Å². The van der Waals surface area contributed by atoms with Gasteiger partial charge in [-0.1, -0.05) is 23.7 Å². The van der Waals surface area contributed by atoms with Crippen molar-refractivity contribution >= 4 is 29.6 Å². The zero-order valence-electron chi connectivity index (χ0n) is 7.84. The van der Waals surface area contributed by atoms with E-state index in [1.807, 2.05) is 38.1 Å². The van der Waals surface area contributed by atoms with Crippen LogP contribution in [0.5, 0.6) is 0 Å². The molecule has 0 heterocycles. The van der Waals surface area contributed by atoms with Gasteiger partial charge in [0.1, 0.15) is 0 Å². The fourth-order valence-corrected chi connectivity index (χ4v) is 1.29. The van der Waals surface area contributed by atoms with Crippen LogP contribution < -0.4 is 0 Å². The summed E-state index contributed by atoms with van der Waals surface area (Å²) in [4.78, 5) is 3.93. The van der Waals surface area contributed by atoms with Crippen LogP contribution in [0, 0.1) is 0 Å². The largest absolute Gasteiger partial charge is 0.264 e. The van der Waals surface area contributed by atoms with Gasteiger partial charge in [0.05, 0.1) is 5.69 Å². The SMILES string of the molecule is C=Nc1cc(Cl)ccc1C(C)=CC. The van der Waals surface area contributed by atoms with E-state index in [0.29, 0.717) is 5.02 Å². The second kappa shape index (κ2) is 4.24. The van der Waals surface area contributed by atoms with E-state index in [4.69, 9.17) is 11.6 Å². The lowest BCUT2D eigenvalue weighted by Gasteiger charge is -2.05. The molecule has 0 saturated heterocycles. The number of rotatable bonds is 2. The zero-order chi connectivity index (χ0) is 9.84. The molecule has 0 spiro atoms. The van der Waals surface area contributed by atoms with Gasteiger partial charge in [-0.25, -0.2) is 0 Å². The predicted octanol–water partition coefficient (Wildman–Crippen LogP) is 4.10. The molecule has 0 aliphatic heterocycles. The Balaban J connectivity index is 3.29. The van der Waals surface area contributed by atoms with Crippen LogP contribution in [0.15, 0.2) is 29.3 Å². The van der Waals surface area contributed by atoms with Gasteiger partial charge in [0.2, 0.25) is 0 Å². The molecule has 0 fully saturated rings. The summed E-state index contributed by atoms with van der Waals surface area (Å²) in [7, 11) is 0. The molecule has 2 heteroatoms. The lowest BCUT2D eigenvalue weighted by Crippen LogP contribution is -1.80. The van der Waals surface area contributed by atoms with E-state index in [2.05, 4.69) is 11.7 Å². The van der Waals surface area contributed by atoms with Crippen LogP contribution in [0.3, 0.4) is 0 Å². The molecule has 0 aliphatic rings. The normalized spacial score (nSPS) is 11.5. The highest BCUT2D eigenvalue weighted by Crippen LogP contribution is 2.28. The number of hydrogen-bond donors (Lipinski definition) is 0. The van der Waals surface area contributed by atoms with Crippen molar-refractivity contribution in [1.82, 2.24) is 0 Å². The van der Waals surface area contributed by atoms with Gasteiger partial charge < -0.3 is 0 Å². The van der Waals surface area contributed by atoms with Crippen molar-refractivity contribution < 1.29 is 0 Å². The minimum absolute atomic E-state index is 0.690. The molecular formula is C11H12ClN. The quantitative estimate of drug-likeness (QED) is 0.628. The topological polar surface area (TPSA) is 12.4 Å². The third-order valence-corrected chi connectivity index (χ3v) is 2.22. The van der Waals surface area contributed by atoms with E-state index in [-0.39, 0.29) is 0 Å². The van der Waals surface area contributed by atoms with Crippen LogP contribution in [0.1, 0.15) is 19.4 Å². The molecule has 1 aromatic rings. The van der Waals surface area contributed by atoms with E-state index in [0.717, 1.165) is 11.3 Å². The molecule has 1 nitrogen and oxygen atoms in total. The highest BCUT2D eigenvalue weighted by molar-refractivity contribution is 6.30. The van der Waals surface area contributed by atoms with Crippen LogP contribution in [0.25, 0.3) is 5.57 Å². The van der Waals surface area contributed by atoms with Crippen molar-refractivity contribution in [2.24, 2.45) is 4.99 Å². The maximum atomic E-state index is 5.84. The Bertz CT molecular complexity index is 353. The molecule has 0 saturated carbocycles. The molecule has 68 valence electrons. The van der Waals surface area contributed by atoms with Crippen molar-refractivity contribution in [1.29, 1.82) is 0 Å². The van der Waals surface area contributed by atoms with Gasteiger partial charge in [0.15, 0.2) is 0 Å². The van der Waals surface area contributed by atoms with Gasteiger partial charge >= 0.3 is 0 Å². The minimum Gasteiger partial charge on any atom is -0.264 e. The molecule has 1 aromatic carbocycles. The summed E-state index contributed by atoms with van der Waals surface area (Å²) in [5.74, 6) is 0. The fourth-order valence-electron chi connectivity index (χ4n) is 1.12. The van der Waals surface area contributed by atoms with Gasteiger partial charge in [-0.05, 0) is 38.3 Å². The summed E-state index contributed by atoms with van der Waals surface area (Å²) >= 11 is 5.84. The van der Waals surface area contributed by atoms with Crippen molar-refractivity contribution in [2.45, 2.75) is 13.8 Å². The molecule has 0 radical (unpaired) electrons. The highest BCUT2D eigenvalue weighted by atomic mass is 35.5. The van der Waals surface area contributed by atoms with Gasteiger partial charge in [-0.2, -0.15) is 0 Å². The van der Waals surface area contributed by atoms with E-state index >= 15 is 0 Å². The summed E-state index contributed by atoms with van der Waals surface area (Å²) in [5.41, 5.74) is 3.10. The van der Waals surface area contributed by atoms with Crippen LogP contribution in [0.2, 0.25) is 5.02 Å². The Kier molecular flexibility index (Phi) is 3.26. The molecule has 1 rings (SSSR count). The van der Waals surface area contributed by atoms with Crippen molar-refractivity contribution in [3.63, 3.8) is 0 Å². The maximum Gasteiger partial charge on any atom is 0.0712 e. The first-order valence-corrected chi connectivity index (χ1v) is 4.46. The van der Waals surface area contributed by atoms with Crippen LogP contribution in [-0.4, -0.2) is 6.72 Å². The fraction of sp³-hybridized carbons (Fsp3) is 0.182. The van der Waals surface area contributed by atoms with Crippen molar-refractivity contribution in [3.8, 4) is 0 Å². The predicted molar refractivity (Wildman–Crippen MR) is 60.0 cm³/mol. The second-order valence-corrected chi connectivity index (χ2v) is 3.23. The van der Waals surface area contributed by atoms with Crippen molar-refractivity contribution in [3.05, 3.63) is 34.9 Å². The Hall–Kier alpha value is -1.08. The molecule has 13 heavy (non-hydrogen) atoms. The summed E-state index contributed by atoms with van der Waals surface area (Å²) in [6.07, 6.45) is 2.04. The van der Waals surface area contributed by atoms with Crippen LogP contribution >= 0.6 is 11.6 Å². The van der Waals surface area contributed by atoms with Crippen LogP contribution in [-0.2, 0) is 0 Å². The maximum absolute atomic E-state index is 5.84.